The van der Waals surface area contributed by atoms with Crippen molar-refractivity contribution in [3.8, 4) is 24.7 Å². The van der Waals surface area contributed by atoms with Gasteiger partial charge in [-0.3, -0.25) is 0 Å². The molecule has 0 bridgehead atoms. The van der Waals surface area contributed by atoms with Crippen LogP contribution in [0.3, 0.4) is 0 Å². The van der Waals surface area contributed by atoms with Crippen LogP contribution in [0.4, 0.5) is 0 Å². The van der Waals surface area contributed by atoms with Crippen molar-refractivity contribution >= 4 is 0 Å². The second-order valence-corrected chi connectivity index (χ2v) is 6.54. The molecule has 2 heteroatoms. The molecule has 0 aliphatic carbocycles. The minimum atomic E-state index is 0.820. The third-order valence-corrected chi connectivity index (χ3v) is 4.68. The largest absolute Gasteiger partial charge is 0.316 e. The highest BCUT2D eigenvalue weighted by Crippen LogP contribution is 2.36. The molecule has 0 spiro atoms. The lowest BCUT2D eigenvalue weighted by atomic mass is 9.87. The van der Waals surface area contributed by atoms with Crippen LogP contribution in [0, 0.1) is 36.5 Å². The van der Waals surface area contributed by atoms with Crippen molar-refractivity contribution in [2.45, 2.75) is 6.42 Å². The van der Waals surface area contributed by atoms with Crippen LogP contribution in [-0.4, -0.2) is 62.3 Å². The van der Waals surface area contributed by atoms with Gasteiger partial charge < -0.3 is 8.97 Å². The van der Waals surface area contributed by atoms with Crippen LogP contribution in [0.1, 0.15) is 6.42 Å². The van der Waals surface area contributed by atoms with E-state index >= 15 is 0 Å². The maximum absolute atomic E-state index is 5.49. The Morgan fingerprint density at radius 2 is 1.47 bits per heavy atom. The van der Waals surface area contributed by atoms with Gasteiger partial charge in [0, 0.05) is 12.3 Å². The summed E-state index contributed by atoms with van der Waals surface area (Å²) in [6.45, 7) is 6.75. The van der Waals surface area contributed by atoms with E-state index in [-0.39, 0.29) is 0 Å². The first-order chi connectivity index (χ1) is 8.00. The van der Waals surface area contributed by atoms with Crippen molar-refractivity contribution < 1.29 is 8.97 Å². The molecule has 2 unspecified atom stereocenters. The lowest BCUT2D eigenvalue weighted by Crippen LogP contribution is -2.53. The summed E-state index contributed by atoms with van der Waals surface area (Å²) < 4.78 is 2.13. The lowest BCUT2D eigenvalue weighted by Gasteiger charge is -2.40. The predicted molar refractivity (Wildman–Crippen MR) is 70.8 cm³/mol. The summed E-state index contributed by atoms with van der Waals surface area (Å²) in [6, 6.07) is 0. The molecule has 17 heavy (non-hydrogen) atoms. The van der Waals surface area contributed by atoms with Crippen LogP contribution in [0.15, 0.2) is 0 Å². The molecule has 0 aromatic rings. The molecular formula is C15H24N2+2. The summed E-state index contributed by atoms with van der Waals surface area (Å²) >= 11 is 0. The molecule has 2 saturated heterocycles. The standard InChI is InChI=1S/C15H24N2/c1-5-8-16(3)10-7-14-11-17(4,9-6-2)13-15(14)12-16/h1-2,14-15H,7-13H2,3-4H3/q+2/t14-,15+,16?,17?/m1/s1. The molecule has 0 amide bonds. The molecule has 0 aromatic carbocycles. The Labute approximate surface area is 106 Å². The summed E-state index contributed by atoms with van der Waals surface area (Å²) in [4.78, 5) is 0. The molecule has 0 N–H and O–H groups in total. The first-order valence-corrected chi connectivity index (χ1v) is 6.54. The van der Waals surface area contributed by atoms with Gasteiger partial charge in [-0.05, 0) is 11.8 Å². The molecule has 2 aliphatic rings. The summed E-state index contributed by atoms with van der Waals surface area (Å²) in [7, 11) is 4.61. The minimum absolute atomic E-state index is 0.820. The molecule has 2 aliphatic heterocycles. The normalized spacial score (nSPS) is 44.7. The zero-order chi connectivity index (χ0) is 12.5. The van der Waals surface area contributed by atoms with Gasteiger partial charge in [0.25, 0.3) is 0 Å². The number of rotatable bonds is 2. The molecule has 0 radical (unpaired) electrons. The van der Waals surface area contributed by atoms with Crippen molar-refractivity contribution in [3.63, 3.8) is 0 Å². The average Bonchev–Trinajstić information content (AvgIpc) is 2.53. The third kappa shape index (κ3) is 2.49. The fourth-order valence-electron chi connectivity index (χ4n) is 3.89. The van der Waals surface area contributed by atoms with Gasteiger partial charge in [-0.2, -0.15) is 0 Å². The maximum atomic E-state index is 5.49. The average molecular weight is 232 g/mol. The SMILES string of the molecule is C#CC[N+]1(C)CC[C@@H]2C[N+](C)(CC#C)C[C@@H]2C1. The first-order valence-electron chi connectivity index (χ1n) is 6.54. The van der Waals surface area contributed by atoms with Crippen LogP contribution in [-0.2, 0) is 0 Å². The number of hydrogen-bond donors (Lipinski definition) is 0. The molecule has 2 rings (SSSR count). The van der Waals surface area contributed by atoms with Crippen molar-refractivity contribution in [2.24, 2.45) is 11.8 Å². The second-order valence-electron chi connectivity index (χ2n) is 6.54. The second kappa shape index (κ2) is 4.37. The van der Waals surface area contributed by atoms with Crippen LogP contribution in [0.25, 0.3) is 0 Å². The summed E-state index contributed by atoms with van der Waals surface area (Å²) in [5, 5.41) is 0. The number of piperidine rings is 1. The zero-order valence-corrected chi connectivity index (χ0v) is 11.2. The highest BCUT2D eigenvalue weighted by Gasteiger charge is 2.48. The molecule has 2 heterocycles. The van der Waals surface area contributed by atoms with Crippen LogP contribution >= 0.6 is 0 Å². The van der Waals surface area contributed by atoms with Crippen molar-refractivity contribution in [1.29, 1.82) is 0 Å². The summed E-state index contributed by atoms with van der Waals surface area (Å²) in [6.07, 6.45) is 12.3. The van der Waals surface area contributed by atoms with E-state index < -0.39 is 0 Å². The Morgan fingerprint density at radius 3 is 2.12 bits per heavy atom. The Balaban J connectivity index is 2.04. The van der Waals surface area contributed by atoms with Gasteiger partial charge in [-0.15, -0.1) is 12.8 Å². The van der Waals surface area contributed by atoms with E-state index in [4.69, 9.17) is 12.8 Å². The van der Waals surface area contributed by atoms with Crippen LogP contribution < -0.4 is 0 Å². The molecular weight excluding hydrogens is 208 g/mol. The maximum Gasteiger partial charge on any atom is 0.140 e. The Morgan fingerprint density at radius 1 is 0.941 bits per heavy atom. The topological polar surface area (TPSA) is 0 Å². The van der Waals surface area contributed by atoms with Gasteiger partial charge in [0.1, 0.15) is 13.1 Å². The van der Waals surface area contributed by atoms with Gasteiger partial charge >= 0.3 is 0 Å². The highest BCUT2D eigenvalue weighted by atomic mass is 15.4. The van der Waals surface area contributed by atoms with Crippen molar-refractivity contribution in [2.75, 3.05) is 53.4 Å². The van der Waals surface area contributed by atoms with E-state index in [0.717, 1.165) is 33.9 Å². The lowest BCUT2D eigenvalue weighted by molar-refractivity contribution is -0.915. The predicted octanol–water partition coefficient (Wildman–Crippen LogP) is 0.796. The summed E-state index contributed by atoms with van der Waals surface area (Å²) in [5.74, 6) is 7.37. The van der Waals surface area contributed by atoms with Gasteiger partial charge in [0.15, 0.2) is 0 Å². The number of hydrogen-bond acceptors (Lipinski definition) is 0. The third-order valence-electron chi connectivity index (χ3n) is 4.68. The number of quaternary nitrogens is 2. The first kappa shape index (κ1) is 12.5. The molecule has 92 valence electrons. The highest BCUT2D eigenvalue weighted by molar-refractivity contribution is 4.89. The van der Waals surface area contributed by atoms with Gasteiger partial charge in [-0.25, -0.2) is 0 Å². The molecule has 4 atom stereocenters. The zero-order valence-electron chi connectivity index (χ0n) is 11.2. The van der Waals surface area contributed by atoms with E-state index in [1.54, 1.807) is 0 Å². The molecule has 0 aromatic heterocycles. The molecule has 2 fully saturated rings. The Hall–Kier alpha value is -0.960. The van der Waals surface area contributed by atoms with Gasteiger partial charge in [-0.1, -0.05) is 0 Å². The Bertz CT molecular complexity index is 359. The van der Waals surface area contributed by atoms with Crippen molar-refractivity contribution in [3.05, 3.63) is 0 Å². The number of fused-ring (bicyclic) bond motifs is 1. The fourth-order valence-corrected chi connectivity index (χ4v) is 3.89. The number of likely N-dealkylation sites (tertiary alicyclic amines) is 2. The van der Waals surface area contributed by atoms with Crippen LogP contribution in [0.5, 0.6) is 0 Å². The van der Waals surface area contributed by atoms with E-state index in [9.17, 15) is 0 Å². The smallest absolute Gasteiger partial charge is 0.140 e. The van der Waals surface area contributed by atoms with E-state index in [2.05, 4.69) is 25.9 Å². The quantitative estimate of drug-likeness (QED) is 0.488. The fraction of sp³-hybridized carbons (Fsp3) is 0.733. The summed E-state index contributed by atoms with van der Waals surface area (Å²) in [5.41, 5.74) is 0. The van der Waals surface area contributed by atoms with Crippen molar-refractivity contribution in [1.82, 2.24) is 0 Å². The number of nitrogens with zero attached hydrogens (tertiary/aromatic N) is 2. The van der Waals surface area contributed by atoms with Gasteiger partial charge in [0.05, 0.1) is 46.2 Å². The minimum Gasteiger partial charge on any atom is -0.316 e. The molecule has 2 nitrogen and oxygen atoms in total. The van der Waals surface area contributed by atoms with E-state index in [1.165, 1.54) is 32.6 Å². The van der Waals surface area contributed by atoms with Crippen LogP contribution in [0.2, 0.25) is 0 Å². The Kier molecular flexibility index (Phi) is 3.21. The number of terminal acetylenes is 2. The van der Waals surface area contributed by atoms with E-state index in [0.29, 0.717) is 0 Å². The monoisotopic (exact) mass is 232 g/mol. The van der Waals surface area contributed by atoms with Gasteiger partial charge in [0.2, 0.25) is 0 Å². The molecule has 0 saturated carbocycles. The van der Waals surface area contributed by atoms with E-state index in [1.807, 2.05) is 0 Å².